The van der Waals surface area contributed by atoms with E-state index in [-0.39, 0.29) is 29.9 Å². The zero-order valence-electron chi connectivity index (χ0n) is 14.7. The first-order valence-corrected chi connectivity index (χ1v) is 7.88. The first-order valence-electron chi connectivity index (χ1n) is 7.88. The quantitative estimate of drug-likeness (QED) is 0.410. The fraction of sp³-hybridized carbons (Fsp3) is 0.875. The molecule has 0 radical (unpaired) electrons. The molecule has 0 spiro atoms. The Morgan fingerprint density at radius 1 is 1.09 bits per heavy atom. The third kappa shape index (κ3) is 6.03. The van der Waals surface area contributed by atoms with Crippen molar-refractivity contribution in [2.24, 2.45) is 5.41 Å². The van der Waals surface area contributed by atoms with Crippen LogP contribution < -0.4 is 0 Å². The molecule has 0 amide bonds. The average Bonchev–Trinajstić information content (AvgIpc) is 2.63. The van der Waals surface area contributed by atoms with E-state index in [1.807, 2.05) is 6.92 Å². The second kappa shape index (κ2) is 8.61. The molecule has 0 saturated carbocycles. The van der Waals surface area contributed by atoms with E-state index in [1.54, 1.807) is 0 Å². The maximum absolute atomic E-state index is 11.0. The van der Waals surface area contributed by atoms with Crippen molar-refractivity contribution in [2.45, 2.75) is 84.7 Å². The predicted molar refractivity (Wildman–Crippen MR) is 84.2 cm³/mol. The highest BCUT2D eigenvalue weighted by atomic mass is 16.7. The Bertz CT molecular complexity index is 372. The number of hydrogen-bond donors (Lipinski definition) is 0. The van der Waals surface area contributed by atoms with Crippen molar-refractivity contribution >= 4 is 19.6 Å². The van der Waals surface area contributed by atoms with Crippen molar-refractivity contribution in [3.05, 3.63) is 0 Å². The monoisotopic (exact) mass is 312 g/mol. The van der Waals surface area contributed by atoms with E-state index < -0.39 is 0 Å². The summed E-state index contributed by atoms with van der Waals surface area (Å²) in [7, 11) is -0.103. The van der Waals surface area contributed by atoms with Crippen LogP contribution in [-0.2, 0) is 23.7 Å². The van der Waals surface area contributed by atoms with Gasteiger partial charge in [-0.15, -0.1) is 0 Å². The first-order chi connectivity index (χ1) is 10.1. The van der Waals surface area contributed by atoms with Crippen molar-refractivity contribution in [1.82, 2.24) is 0 Å². The fourth-order valence-electron chi connectivity index (χ4n) is 2.24. The molecule has 0 aromatic heterocycles. The summed E-state index contributed by atoms with van der Waals surface area (Å²) in [5.74, 6) is 0. The lowest BCUT2D eigenvalue weighted by Gasteiger charge is -2.32. The van der Waals surface area contributed by atoms with Gasteiger partial charge in [-0.2, -0.15) is 9.59 Å². The van der Waals surface area contributed by atoms with Crippen LogP contribution in [0.1, 0.15) is 67.2 Å². The molecular weight excluding hydrogens is 283 g/mol. The lowest BCUT2D eigenvalue weighted by Crippen LogP contribution is -2.41. The van der Waals surface area contributed by atoms with E-state index in [9.17, 15) is 4.79 Å². The molecule has 0 aromatic carbocycles. The number of rotatable bonds is 7. The van der Waals surface area contributed by atoms with Gasteiger partial charge in [0, 0.05) is 5.41 Å². The minimum atomic E-state index is -0.238. The normalized spacial score (nSPS) is 21.3. The highest BCUT2D eigenvalue weighted by Crippen LogP contribution is 2.38. The first kappa shape index (κ1) is 21.0. The van der Waals surface area contributed by atoms with Gasteiger partial charge in [0.15, 0.2) is 0 Å². The molecule has 1 atom stereocenters. The number of carbonyl (C=O) groups excluding carboxylic acids is 3. The highest BCUT2D eigenvalue weighted by molar-refractivity contribution is 6.45. The van der Waals surface area contributed by atoms with Gasteiger partial charge in [-0.3, -0.25) is 0 Å². The highest BCUT2D eigenvalue weighted by Gasteiger charge is 2.50. The molecule has 126 valence electrons. The van der Waals surface area contributed by atoms with E-state index in [4.69, 9.17) is 18.9 Å². The molecule has 0 aliphatic carbocycles. The van der Waals surface area contributed by atoms with Gasteiger partial charge in [0.05, 0.1) is 11.2 Å². The van der Waals surface area contributed by atoms with Crippen molar-refractivity contribution in [3.63, 3.8) is 0 Å². The zero-order valence-corrected chi connectivity index (χ0v) is 14.7. The molecule has 1 heterocycles. The maximum atomic E-state index is 11.0. The Balaban J connectivity index is 0.00000135. The molecule has 22 heavy (non-hydrogen) atoms. The number of carbonyl (C=O) groups is 1. The third-order valence-corrected chi connectivity index (χ3v) is 4.83. The van der Waals surface area contributed by atoms with Crippen LogP contribution in [0.5, 0.6) is 0 Å². The molecule has 1 aliphatic rings. The summed E-state index contributed by atoms with van der Waals surface area (Å²) in [6.45, 7) is 12.4. The summed E-state index contributed by atoms with van der Waals surface area (Å²) >= 11 is 0. The fourth-order valence-corrected chi connectivity index (χ4v) is 2.24. The molecule has 5 nitrogen and oxygen atoms in total. The maximum Gasteiger partial charge on any atom is 0.457 e. The van der Waals surface area contributed by atoms with Crippen molar-refractivity contribution in [1.29, 1.82) is 0 Å². The topological polar surface area (TPSA) is 69.7 Å². The molecule has 6 heteroatoms. The Morgan fingerprint density at radius 2 is 1.55 bits per heavy atom. The van der Waals surface area contributed by atoms with Crippen LogP contribution >= 0.6 is 0 Å². The van der Waals surface area contributed by atoms with Gasteiger partial charge >= 0.3 is 13.3 Å². The van der Waals surface area contributed by atoms with E-state index in [2.05, 4.69) is 34.6 Å². The summed E-state index contributed by atoms with van der Waals surface area (Å²) in [5.41, 5.74) is -0.632. The summed E-state index contributed by atoms with van der Waals surface area (Å²) in [6.07, 6.45) is 6.21. The minimum Gasteiger partial charge on any atom is -0.403 e. The largest absolute Gasteiger partial charge is 0.457 e. The minimum absolute atomic E-state index is 0.103. The second-order valence-corrected chi connectivity index (χ2v) is 7.14. The predicted octanol–water partition coefficient (Wildman–Crippen LogP) is 3.28. The molecule has 1 saturated heterocycles. The van der Waals surface area contributed by atoms with Crippen LogP contribution in [0.3, 0.4) is 0 Å². The third-order valence-electron chi connectivity index (χ3n) is 4.83. The van der Waals surface area contributed by atoms with Crippen LogP contribution in [0.15, 0.2) is 0 Å². The Hall–Kier alpha value is -0.965. The Morgan fingerprint density at radius 3 is 1.91 bits per heavy atom. The van der Waals surface area contributed by atoms with Gasteiger partial charge in [0.2, 0.25) is 0 Å². The summed E-state index contributed by atoms with van der Waals surface area (Å²) in [4.78, 5) is 27.3. The van der Waals surface area contributed by atoms with Crippen LogP contribution in [0.2, 0.25) is 6.32 Å². The van der Waals surface area contributed by atoms with Gasteiger partial charge in [-0.1, -0.05) is 26.7 Å². The lowest BCUT2D eigenvalue weighted by molar-refractivity contribution is -0.191. The Kier molecular flexibility index (Phi) is 8.23. The molecule has 0 N–H and O–H groups in total. The van der Waals surface area contributed by atoms with Gasteiger partial charge in [-0.05, 0) is 46.9 Å². The van der Waals surface area contributed by atoms with E-state index in [1.165, 1.54) is 0 Å². The molecule has 1 unspecified atom stereocenters. The SMILES string of the molecule is CCC(C)(C=O)CCCCB1OC(C)(C)C(C)(C)O1.O=C=O. The molecule has 1 aliphatic heterocycles. The van der Waals surface area contributed by atoms with Gasteiger partial charge in [0.25, 0.3) is 0 Å². The smallest absolute Gasteiger partial charge is 0.403 e. The Labute approximate surface area is 134 Å². The van der Waals surface area contributed by atoms with Gasteiger partial charge in [-0.25, -0.2) is 0 Å². The molecule has 0 aromatic rings. The summed E-state index contributed by atoms with van der Waals surface area (Å²) < 4.78 is 11.9. The van der Waals surface area contributed by atoms with Crippen LogP contribution in [0.4, 0.5) is 0 Å². The molecule has 1 rings (SSSR count). The van der Waals surface area contributed by atoms with E-state index in [0.29, 0.717) is 0 Å². The van der Waals surface area contributed by atoms with E-state index in [0.717, 1.165) is 38.3 Å². The van der Waals surface area contributed by atoms with Crippen LogP contribution in [0, 0.1) is 5.41 Å². The standard InChI is InChI=1S/C15H29BO3.CO2/c1-7-15(6,12-17)10-8-9-11-16-18-13(2,3)14(4,5)19-16;2-1-3/h12H,7-11H2,1-6H3;. The summed E-state index contributed by atoms with van der Waals surface area (Å²) in [5, 5.41) is 0. The molecule has 0 bridgehead atoms. The van der Waals surface area contributed by atoms with Crippen LogP contribution in [-0.4, -0.2) is 30.8 Å². The number of unbranched alkanes of at least 4 members (excludes halogenated alkanes) is 1. The molecular formula is C16H29BO5. The van der Waals surface area contributed by atoms with Gasteiger partial charge < -0.3 is 14.1 Å². The summed E-state index contributed by atoms with van der Waals surface area (Å²) in [6, 6.07) is 0. The van der Waals surface area contributed by atoms with Crippen LogP contribution in [0.25, 0.3) is 0 Å². The average molecular weight is 312 g/mol. The zero-order chi connectivity index (χ0) is 17.4. The van der Waals surface area contributed by atoms with Crippen molar-refractivity contribution in [2.75, 3.05) is 0 Å². The van der Waals surface area contributed by atoms with E-state index >= 15 is 0 Å². The number of aldehydes is 1. The van der Waals surface area contributed by atoms with Gasteiger partial charge in [0.1, 0.15) is 6.29 Å². The second-order valence-electron chi connectivity index (χ2n) is 7.14. The van der Waals surface area contributed by atoms with Crippen molar-refractivity contribution in [3.8, 4) is 0 Å². The molecule has 1 fully saturated rings. The van der Waals surface area contributed by atoms with Crippen molar-refractivity contribution < 1.29 is 23.7 Å². The number of hydrogen-bond acceptors (Lipinski definition) is 5. The lowest BCUT2D eigenvalue weighted by atomic mass is 9.79.